The van der Waals surface area contributed by atoms with Crippen LogP contribution in [0.15, 0.2) is 18.2 Å². The molecule has 0 heterocycles. The predicted octanol–water partition coefficient (Wildman–Crippen LogP) is 3.47. The quantitative estimate of drug-likeness (QED) is 0.814. The van der Waals surface area contributed by atoms with E-state index in [4.69, 9.17) is 5.26 Å². The van der Waals surface area contributed by atoms with Crippen molar-refractivity contribution in [2.24, 2.45) is 0 Å². The summed E-state index contributed by atoms with van der Waals surface area (Å²) in [5.74, 6) is 0. The molecule has 0 bridgehead atoms. The summed E-state index contributed by atoms with van der Waals surface area (Å²) in [6.07, 6.45) is 1.06. The van der Waals surface area contributed by atoms with Crippen LogP contribution in [-0.4, -0.2) is 5.54 Å². The van der Waals surface area contributed by atoms with E-state index in [1.54, 1.807) is 0 Å². The van der Waals surface area contributed by atoms with Gasteiger partial charge in [-0.25, -0.2) is 0 Å². The van der Waals surface area contributed by atoms with E-state index in [0.29, 0.717) is 0 Å². The monoisotopic (exact) mass is 202 g/mol. The van der Waals surface area contributed by atoms with Crippen molar-refractivity contribution in [1.82, 2.24) is 0 Å². The Labute approximate surface area is 91.9 Å². The number of anilines is 1. The van der Waals surface area contributed by atoms with Gasteiger partial charge in [-0.05, 0) is 51.0 Å². The Morgan fingerprint density at radius 3 is 2.53 bits per heavy atom. The van der Waals surface area contributed by atoms with Crippen molar-refractivity contribution in [1.29, 1.82) is 5.26 Å². The van der Waals surface area contributed by atoms with Gasteiger partial charge in [-0.1, -0.05) is 6.92 Å². The number of nitrogens with one attached hydrogen (secondary N) is 1. The first-order valence-electron chi connectivity index (χ1n) is 5.27. The van der Waals surface area contributed by atoms with Crippen molar-refractivity contribution in [2.45, 2.75) is 39.7 Å². The van der Waals surface area contributed by atoms with Crippen molar-refractivity contribution in [2.75, 3.05) is 5.32 Å². The Morgan fingerprint density at radius 2 is 2.07 bits per heavy atom. The summed E-state index contributed by atoms with van der Waals surface area (Å²) in [5, 5.41) is 12.3. The van der Waals surface area contributed by atoms with Crippen LogP contribution in [0.1, 0.15) is 38.3 Å². The molecule has 2 nitrogen and oxygen atoms in total. The molecule has 1 aromatic carbocycles. The van der Waals surface area contributed by atoms with E-state index >= 15 is 0 Å². The highest BCUT2D eigenvalue weighted by Crippen LogP contribution is 2.20. The van der Waals surface area contributed by atoms with E-state index in [2.05, 4.69) is 32.2 Å². The number of rotatable bonds is 3. The lowest BCUT2D eigenvalue weighted by molar-refractivity contribution is 0.547. The average molecular weight is 202 g/mol. The van der Waals surface area contributed by atoms with E-state index in [1.165, 1.54) is 0 Å². The second kappa shape index (κ2) is 4.35. The number of aryl methyl sites for hydroxylation is 1. The van der Waals surface area contributed by atoms with Gasteiger partial charge in [0.15, 0.2) is 0 Å². The smallest absolute Gasteiger partial charge is 0.0994 e. The number of hydrogen-bond acceptors (Lipinski definition) is 2. The standard InChI is InChI=1S/C13H18N2/c1-5-13(3,4)15-12-7-6-11(9-14)10(2)8-12/h6-8,15H,5H2,1-4H3. The molecular formula is C13H18N2. The molecule has 0 aliphatic rings. The van der Waals surface area contributed by atoms with Crippen molar-refractivity contribution in [3.63, 3.8) is 0 Å². The number of benzene rings is 1. The molecule has 80 valence electrons. The van der Waals surface area contributed by atoms with Crippen molar-refractivity contribution >= 4 is 5.69 Å². The van der Waals surface area contributed by atoms with Crippen LogP contribution in [0.4, 0.5) is 5.69 Å². The minimum absolute atomic E-state index is 0.0978. The van der Waals surface area contributed by atoms with Gasteiger partial charge in [0.1, 0.15) is 0 Å². The lowest BCUT2D eigenvalue weighted by atomic mass is 10.0. The van der Waals surface area contributed by atoms with Crippen LogP contribution in [0.3, 0.4) is 0 Å². The summed E-state index contributed by atoms with van der Waals surface area (Å²) in [7, 11) is 0. The Hall–Kier alpha value is -1.49. The molecule has 1 aromatic rings. The summed E-state index contributed by atoms with van der Waals surface area (Å²) < 4.78 is 0. The molecule has 0 saturated carbocycles. The van der Waals surface area contributed by atoms with E-state index in [-0.39, 0.29) is 5.54 Å². The molecule has 0 radical (unpaired) electrons. The van der Waals surface area contributed by atoms with Gasteiger partial charge in [0, 0.05) is 11.2 Å². The zero-order valence-corrected chi connectivity index (χ0v) is 9.89. The second-order valence-electron chi connectivity index (χ2n) is 4.50. The molecule has 0 spiro atoms. The van der Waals surface area contributed by atoms with Gasteiger partial charge in [0.2, 0.25) is 0 Å². The van der Waals surface area contributed by atoms with Gasteiger partial charge in [-0.2, -0.15) is 5.26 Å². The fraction of sp³-hybridized carbons (Fsp3) is 0.462. The van der Waals surface area contributed by atoms with Gasteiger partial charge in [-0.15, -0.1) is 0 Å². The number of nitrogens with zero attached hydrogens (tertiary/aromatic N) is 1. The van der Waals surface area contributed by atoms with Crippen LogP contribution in [0.5, 0.6) is 0 Å². The lowest BCUT2D eigenvalue weighted by Crippen LogP contribution is -2.29. The number of hydrogen-bond donors (Lipinski definition) is 1. The molecule has 2 heteroatoms. The highest BCUT2D eigenvalue weighted by Gasteiger charge is 2.14. The Kier molecular flexibility index (Phi) is 3.36. The molecule has 0 fully saturated rings. The SMILES string of the molecule is CCC(C)(C)Nc1ccc(C#N)c(C)c1. The highest BCUT2D eigenvalue weighted by molar-refractivity contribution is 5.52. The summed E-state index contributed by atoms with van der Waals surface area (Å²) in [4.78, 5) is 0. The molecule has 0 atom stereocenters. The molecule has 0 aliphatic carbocycles. The van der Waals surface area contributed by atoms with Crippen LogP contribution in [-0.2, 0) is 0 Å². The summed E-state index contributed by atoms with van der Waals surface area (Å²) in [6, 6.07) is 8.02. The summed E-state index contributed by atoms with van der Waals surface area (Å²) >= 11 is 0. The molecule has 0 aromatic heterocycles. The Bertz CT molecular complexity index is 386. The highest BCUT2D eigenvalue weighted by atomic mass is 15.0. The Balaban J connectivity index is 2.90. The average Bonchev–Trinajstić information content (AvgIpc) is 2.17. The summed E-state index contributed by atoms with van der Waals surface area (Å²) in [5.41, 5.74) is 2.95. The first kappa shape index (κ1) is 11.6. The van der Waals surface area contributed by atoms with Crippen LogP contribution >= 0.6 is 0 Å². The molecule has 0 aliphatic heterocycles. The third-order valence-electron chi connectivity index (χ3n) is 2.71. The third-order valence-corrected chi connectivity index (χ3v) is 2.71. The van der Waals surface area contributed by atoms with E-state index in [9.17, 15) is 0 Å². The van der Waals surface area contributed by atoms with Crippen LogP contribution in [0.25, 0.3) is 0 Å². The second-order valence-corrected chi connectivity index (χ2v) is 4.50. The van der Waals surface area contributed by atoms with Gasteiger partial charge in [-0.3, -0.25) is 0 Å². The first-order chi connectivity index (χ1) is 6.98. The molecule has 0 saturated heterocycles. The molecule has 15 heavy (non-hydrogen) atoms. The number of nitriles is 1. The molecule has 1 N–H and O–H groups in total. The van der Waals surface area contributed by atoms with Crippen molar-refractivity contribution < 1.29 is 0 Å². The minimum atomic E-state index is 0.0978. The van der Waals surface area contributed by atoms with Gasteiger partial charge in [0.25, 0.3) is 0 Å². The predicted molar refractivity (Wildman–Crippen MR) is 63.9 cm³/mol. The molecule has 1 rings (SSSR count). The molecular weight excluding hydrogens is 184 g/mol. The van der Waals surface area contributed by atoms with E-state index < -0.39 is 0 Å². The van der Waals surface area contributed by atoms with Gasteiger partial charge in [0.05, 0.1) is 11.6 Å². The van der Waals surface area contributed by atoms with Gasteiger partial charge >= 0.3 is 0 Å². The van der Waals surface area contributed by atoms with Crippen molar-refractivity contribution in [3.05, 3.63) is 29.3 Å². The normalized spacial score (nSPS) is 10.9. The van der Waals surface area contributed by atoms with Crippen molar-refractivity contribution in [3.8, 4) is 6.07 Å². The first-order valence-corrected chi connectivity index (χ1v) is 5.27. The van der Waals surface area contributed by atoms with Crippen LogP contribution in [0.2, 0.25) is 0 Å². The minimum Gasteiger partial charge on any atom is -0.380 e. The molecule has 0 amide bonds. The van der Waals surface area contributed by atoms with Crippen LogP contribution < -0.4 is 5.32 Å². The van der Waals surface area contributed by atoms with Crippen LogP contribution in [0, 0.1) is 18.3 Å². The lowest BCUT2D eigenvalue weighted by Gasteiger charge is -2.26. The maximum Gasteiger partial charge on any atom is 0.0994 e. The topological polar surface area (TPSA) is 35.8 Å². The Morgan fingerprint density at radius 1 is 1.40 bits per heavy atom. The fourth-order valence-electron chi connectivity index (χ4n) is 1.35. The molecule has 0 unspecified atom stereocenters. The fourth-order valence-corrected chi connectivity index (χ4v) is 1.35. The van der Waals surface area contributed by atoms with E-state index in [0.717, 1.165) is 23.2 Å². The zero-order valence-electron chi connectivity index (χ0n) is 9.89. The maximum absolute atomic E-state index is 8.82. The zero-order chi connectivity index (χ0) is 11.5. The van der Waals surface area contributed by atoms with E-state index in [1.807, 2.05) is 25.1 Å². The summed E-state index contributed by atoms with van der Waals surface area (Å²) in [6.45, 7) is 8.45. The van der Waals surface area contributed by atoms with Gasteiger partial charge < -0.3 is 5.32 Å². The third kappa shape index (κ3) is 2.99. The largest absolute Gasteiger partial charge is 0.380 e. The maximum atomic E-state index is 8.82.